The minimum Gasteiger partial charge on any atom is -0.354 e. The molecule has 0 atom stereocenters. The van der Waals surface area contributed by atoms with Crippen LogP contribution in [0.15, 0.2) is 12.2 Å². The van der Waals surface area contributed by atoms with E-state index in [9.17, 15) is 13.2 Å². The Balaban J connectivity index is 3.99. The van der Waals surface area contributed by atoms with Gasteiger partial charge in [0.25, 0.3) is 0 Å². The molecule has 88 valence electrons. The average molecular weight is 233 g/mol. The number of rotatable bonds is 6. The molecular weight excluding hydrogens is 214 g/mol. The van der Waals surface area contributed by atoms with Crippen molar-refractivity contribution in [3.63, 3.8) is 0 Å². The molecule has 4 nitrogen and oxygen atoms in total. The van der Waals surface area contributed by atoms with Gasteiger partial charge in [0.05, 0.1) is 11.5 Å². The Labute approximate surface area is 91.7 Å². The molecule has 0 saturated carbocycles. The van der Waals surface area contributed by atoms with Crippen LogP contribution in [0.5, 0.6) is 0 Å². The van der Waals surface area contributed by atoms with Crippen LogP contribution in [-0.4, -0.2) is 31.9 Å². The van der Waals surface area contributed by atoms with Gasteiger partial charge in [-0.15, -0.1) is 0 Å². The number of carbonyl (C=O) groups is 1. The number of allylic oxidation sites excluding steroid dienone is 1. The first-order valence-corrected chi connectivity index (χ1v) is 6.80. The molecule has 0 aliphatic rings. The third kappa shape index (κ3) is 8.17. The van der Waals surface area contributed by atoms with Gasteiger partial charge in [0.2, 0.25) is 5.91 Å². The largest absolute Gasteiger partial charge is 0.354 e. The van der Waals surface area contributed by atoms with Crippen molar-refractivity contribution in [2.24, 2.45) is 0 Å². The van der Waals surface area contributed by atoms with E-state index >= 15 is 0 Å². The van der Waals surface area contributed by atoms with E-state index in [-0.39, 0.29) is 29.9 Å². The normalized spacial score (nSPS) is 12.3. The summed E-state index contributed by atoms with van der Waals surface area (Å²) in [6.45, 7) is 5.44. The number of amides is 1. The smallest absolute Gasteiger partial charge is 0.221 e. The maximum absolute atomic E-state index is 11.3. The second-order valence-electron chi connectivity index (χ2n) is 3.66. The van der Waals surface area contributed by atoms with Crippen LogP contribution >= 0.6 is 0 Å². The van der Waals surface area contributed by atoms with Crippen LogP contribution in [0, 0.1) is 0 Å². The Hall–Kier alpha value is -0.840. The van der Waals surface area contributed by atoms with Gasteiger partial charge < -0.3 is 5.32 Å². The van der Waals surface area contributed by atoms with Crippen LogP contribution in [-0.2, 0) is 14.6 Å². The zero-order chi connectivity index (χ0) is 11.9. The Morgan fingerprint density at radius 3 is 2.47 bits per heavy atom. The first-order valence-electron chi connectivity index (χ1n) is 4.98. The van der Waals surface area contributed by atoms with Gasteiger partial charge in [-0.05, 0) is 20.8 Å². The molecule has 0 spiro atoms. The number of sulfone groups is 1. The first-order chi connectivity index (χ1) is 6.87. The summed E-state index contributed by atoms with van der Waals surface area (Å²) >= 11 is 0. The van der Waals surface area contributed by atoms with Crippen LogP contribution in [0.4, 0.5) is 0 Å². The lowest BCUT2D eigenvalue weighted by atomic mass is 10.3. The predicted molar refractivity (Wildman–Crippen MR) is 61.4 cm³/mol. The molecule has 0 fully saturated rings. The summed E-state index contributed by atoms with van der Waals surface area (Å²) in [5.74, 6) is -0.289. The molecule has 15 heavy (non-hydrogen) atoms. The number of nitrogens with one attached hydrogen (secondary N) is 1. The van der Waals surface area contributed by atoms with Crippen LogP contribution < -0.4 is 5.32 Å². The molecule has 1 amide bonds. The lowest BCUT2D eigenvalue weighted by Crippen LogP contribution is -2.31. The highest BCUT2D eigenvalue weighted by atomic mass is 32.2. The van der Waals surface area contributed by atoms with Crippen LogP contribution in [0.2, 0.25) is 0 Å². The Morgan fingerprint density at radius 2 is 2.00 bits per heavy atom. The summed E-state index contributed by atoms with van der Waals surface area (Å²) in [5, 5.41) is 2.65. The van der Waals surface area contributed by atoms with Gasteiger partial charge >= 0.3 is 0 Å². The van der Waals surface area contributed by atoms with Gasteiger partial charge in [-0.3, -0.25) is 4.79 Å². The molecule has 1 N–H and O–H groups in total. The van der Waals surface area contributed by atoms with Crippen LogP contribution in [0.25, 0.3) is 0 Å². The third-order valence-electron chi connectivity index (χ3n) is 1.68. The second-order valence-corrected chi connectivity index (χ2v) is 5.88. The fourth-order valence-electron chi connectivity index (χ4n) is 0.969. The van der Waals surface area contributed by atoms with E-state index in [4.69, 9.17) is 0 Å². The van der Waals surface area contributed by atoms with Crippen molar-refractivity contribution in [2.75, 3.05) is 11.5 Å². The number of hydrogen-bond donors (Lipinski definition) is 1. The molecule has 5 heteroatoms. The Bertz CT molecular complexity index is 318. The number of carbonyl (C=O) groups excluding carboxylic acids is 1. The SMILES string of the molecule is C/C=C/CS(=O)(=O)CCC(=O)NC(C)C. The molecule has 0 radical (unpaired) electrons. The van der Waals surface area contributed by atoms with Crippen LogP contribution in [0.1, 0.15) is 27.2 Å². The summed E-state index contributed by atoms with van der Waals surface area (Å²) in [6, 6.07) is 0.0516. The molecule has 0 aromatic rings. The zero-order valence-corrected chi connectivity index (χ0v) is 10.3. The predicted octanol–water partition coefficient (Wildman–Crippen LogP) is 0.892. The van der Waals surface area contributed by atoms with Crippen molar-refractivity contribution in [3.05, 3.63) is 12.2 Å². The maximum atomic E-state index is 11.3. The molecule has 0 aromatic carbocycles. The molecular formula is C10H19NO3S. The van der Waals surface area contributed by atoms with Gasteiger partial charge in [-0.25, -0.2) is 8.42 Å². The van der Waals surface area contributed by atoms with E-state index in [1.54, 1.807) is 19.1 Å². The van der Waals surface area contributed by atoms with E-state index in [1.165, 1.54) is 0 Å². The third-order valence-corrected chi connectivity index (χ3v) is 3.20. The molecule has 0 rings (SSSR count). The quantitative estimate of drug-likeness (QED) is 0.693. The van der Waals surface area contributed by atoms with E-state index in [0.717, 1.165) is 0 Å². The highest BCUT2D eigenvalue weighted by Gasteiger charge is 2.12. The Kier molecular flexibility index (Phi) is 6.24. The maximum Gasteiger partial charge on any atom is 0.221 e. The van der Waals surface area contributed by atoms with Gasteiger partial charge in [-0.1, -0.05) is 12.2 Å². The number of hydrogen-bond acceptors (Lipinski definition) is 3. The minimum atomic E-state index is -3.12. The summed E-state index contributed by atoms with van der Waals surface area (Å²) in [6.07, 6.45) is 3.31. The lowest BCUT2D eigenvalue weighted by Gasteiger charge is -2.07. The molecule has 0 heterocycles. The monoisotopic (exact) mass is 233 g/mol. The Morgan fingerprint density at radius 1 is 1.40 bits per heavy atom. The fraction of sp³-hybridized carbons (Fsp3) is 0.700. The zero-order valence-electron chi connectivity index (χ0n) is 9.49. The summed E-state index contributed by atoms with van der Waals surface area (Å²) < 4.78 is 22.7. The first kappa shape index (κ1) is 14.2. The van der Waals surface area contributed by atoms with E-state index < -0.39 is 9.84 Å². The van der Waals surface area contributed by atoms with E-state index in [1.807, 2.05) is 13.8 Å². The highest BCUT2D eigenvalue weighted by Crippen LogP contribution is 1.96. The van der Waals surface area contributed by atoms with Crippen molar-refractivity contribution in [2.45, 2.75) is 33.2 Å². The highest BCUT2D eigenvalue weighted by molar-refractivity contribution is 7.91. The van der Waals surface area contributed by atoms with Crippen molar-refractivity contribution in [1.82, 2.24) is 5.32 Å². The molecule has 0 aliphatic carbocycles. The summed E-state index contributed by atoms with van der Waals surface area (Å²) in [5.41, 5.74) is 0. The molecule has 0 saturated heterocycles. The van der Waals surface area contributed by atoms with E-state index in [0.29, 0.717) is 0 Å². The van der Waals surface area contributed by atoms with Crippen LogP contribution in [0.3, 0.4) is 0 Å². The average Bonchev–Trinajstić information content (AvgIpc) is 2.11. The van der Waals surface area contributed by atoms with Gasteiger partial charge in [0, 0.05) is 12.5 Å². The second kappa shape index (κ2) is 6.61. The van der Waals surface area contributed by atoms with Gasteiger partial charge in [-0.2, -0.15) is 0 Å². The van der Waals surface area contributed by atoms with Crippen molar-refractivity contribution in [3.8, 4) is 0 Å². The molecule has 0 aromatic heterocycles. The van der Waals surface area contributed by atoms with Gasteiger partial charge in [0.15, 0.2) is 9.84 Å². The topological polar surface area (TPSA) is 63.2 Å². The van der Waals surface area contributed by atoms with Crippen molar-refractivity contribution < 1.29 is 13.2 Å². The standard InChI is InChI=1S/C10H19NO3S/c1-4-5-7-15(13,14)8-6-10(12)11-9(2)3/h4-5,9H,6-8H2,1-3H3,(H,11,12)/b5-4+. The summed E-state index contributed by atoms with van der Waals surface area (Å²) in [4.78, 5) is 11.2. The van der Waals surface area contributed by atoms with E-state index in [2.05, 4.69) is 5.32 Å². The van der Waals surface area contributed by atoms with Crippen molar-refractivity contribution >= 4 is 15.7 Å². The molecule has 0 aliphatic heterocycles. The lowest BCUT2D eigenvalue weighted by molar-refractivity contribution is -0.121. The molecule has 0 unspecified atom stereocenters. The summed E-state index contributed by atoms with van der Waals surface area (Å²) in [7, 11) is -3.12. The molecule has 0 bridgehead atoms. The van der Waals surface area contributed by atoms with Crippen molar-refractivity contribution in [1.29, 1.82) is 0 Å². The van der Waals surface area contributed by atoms with Gasteiger partial charge in [0.1, 0.15) is 0 Å². The fourth-order valence-corrected chi connectivity index (χ4v) is 2.12. The minimum absolute atomic E-state index is 0.0124.